The second-order valence-electron chi connectivity index (χ2n) is 8.02. The summed E-state index contributed by atoms with van der Waals surface area (Å²) in [6.45, 7) is 2.21. The summed E-state index contributed by atoms with van der Waals surface area (Å²) in [5, 5.41) is 2.62. The molecule has 2 heterocycles. The second-order valence-corrected chi connectivity index (χ2v) is 8.02. The maximum atomic E-state index is 11.0. The molecule has 0 aliphatic heterocycles. The predicted octanol–water partition coefficient (Wildman–Crippen LogP) is 2.25. The molecule has 0 aliphatic carbocycles. The Kier molecular flexibility index (Phi) is 9.85. The number of carbonyl (C=O) groups excluding carboxylic acids is 1. The van der Waals surface area contributed by atoms with E-state index in [2.05, 4.69) is 20.3 Å². The molecule has 0 unspecified atom stereocenters. The monoisotopic (exact) mass is 518 g/mol. The number of benzene rings is 2. The topological polar surface area (TPSA) is 144 Å². The van der Waals surface area contributed by atoms with Gasteiger partial charge in [-0.25, -0.2) is 9.97 Å². The van der Waals surface area contributed by atoms with Crippen LogP contribution in [-0.4, -0.2) is 79.1 Å². The molecule has 0 bridgehead atoms. The zero-order valence-electron chi connectivity index (χ0n) is 21.1. The van der Waals surface area contributed by atoms with Crippen molar-refractivity contribution in [2.24, 2.45) is 5.73 Å². The first-order chi connectivity index (χ1) is 18.7. The molecule has 0 radical (unpaired) electrons. The second kappa shape index (κ2) is 13.9. The first-order valence-electron chi connectivity index (χ1n) is 12.2. The number of nitrogens with one attached hydrogen (secondary N) is 1. The maximum absolute atomic E-state index is 11.0. The van der Waals surface area contributed by atoms with Crippen molar-refractivity contribution in [3.05, 3.63) is 60.9 Å². The first kappa shape index (κ1) is 26.9. The van der Waals surface area contributed by atoms with Gasteiger partial charge in [0.1, 0.15) is 6.61 Å². The van der Waals surface area contributed by atoms with Crippen molar-refractivity contribution in [3.8, 4) is 34.3 Å². The third kappa shape index (κ3) is 7.42. The van der Waals surface area contributed by atoms with Crippen molar-refractivity contribution >= 4 is 16.9 Å². The van der Waals surface area contributed by atoms with E-state index in [1.54, 1.807) is 19.5 Å². The zero-order valence-corrected chi connectivity index (χ0v) is 21.1. The molecule has 0 saturated heterocycles. The van der Waals surface area contributed by atoms with Gasteiger partial charge in [0.05, 0.1) is 68.6 Å². The number of nitrogens with zero attached hydrogens (tertiary/aromatic N) is 4. The van der Waals surface area contributed by atoms with E-state index in [9.17, 15) is 4.79 Å². The minimum absolute atomic E-state index is 0.0305. The Bertz CT molecular complexity index is 1340. The molecule has 2 aromatic carbocycles. The highest BCUT2D eigenvalue weighted by molar-refractivity contribution is 5.78. The quantitative estimate of drug-likeness (QED) is 0.239. The molecule has 38 heavy (non-hydrogen) atoms. The molecular formula is C27H30N6O5. The van der Waals surface area contributed by atoms with Gasteiger partial charge >= 0.3 is 6.01 Å². The number of hydrogen-bond acceptors (Lipinski definition) is 10. The van der Waals surface area contributed by atoms with E-state index in [0.717, 1.165) is 33.4 Å². The fraction of sp³-hybridized carbons (Fsp3) is 0.296. The third-order valence-corrected chi connectivity index (χ3v) is 5.45. The lowest BCUT2D eigenvalue weighted by Gasteiger charge is -2.11. The Morgan fingerprint density at radius 3 is 2.32 bits per heavy atom. The van der Waals surface area contributed by atoms with Crippen molar-refractivity contribution < 1.29 is 23.7 Å². The summed E-state index contributed by atoms with van der Waals surface area (Å²) in [6, 6.07) is 15.9. The number of fused-ring (bicyclic) bond motifs is 1. The number of rotatable bonds is 14. The Balaban J connectivity index is 1.25. The van der Waals surface area contributed by atoms with Crippen molar-refractivity contribution in [3.63, 3.8) is 0 Å². The smallest absolute Gasteiger partial charge is 0.319 e. The van der Waals surface area contributed by atoms with Crippen molar-refractivity contribution in [1.29, 1.82) is 0 Å². The fourth-order valence-corrected chi connectivity index (χ4v) is 3.54. The summed E-state index contributed by atoms with van der Waals surface area (Å²) < 4.78 is 21.9. The number of nitrogens with two attached hydrogens (primary N) is 1. The Labute approximate surface area is 220 Å². The van der Waals surface area contributed by atoms with Crippen LogP contribution in [0.25, 0.3) is 33.4 Å². The van der Waals surface area contributed by atoms with Crippen LogP contribution in [0.1, 0.15) is 0 Å². The molecule has 4 rings (SSSR count). The summed E-state index contributed by atoms with van der Waals surface area (Å²) in [5.41, 5.74) is 10.3. The van der Waals surface area contributed by atoms with E-state index in [0.29, 0.717) is 38.9 Å². The van der Waals surface area contributed by atoms with E-state index >= 15 is 0 Å². The molecule has 4 aromatic rings. The van der Waals surface area contributed by atoms with Gasteiger partial charge < -0.3 is 30.0 Å². The minimum atomic E-state index is -0.209. The first-order valence-corrected chi connectivity index (χ1v) is 12.2. The van der Waals surface area contributed by atoms with Crippen LogP contribution in [0.4, 0.5) is 0 Å². The molecule has 0 spiro atoms. The average molecular weight is 519 g/mol. The van der Waals surface area contributed by atoms with Gasteiger partial charge in [0, 0.05) is 18.3 Å². The third-order valence-electron chi connectivity index (χ3n) is 5.45. The van der Waals surface area contributed by atoms with Crippen LogP contribution in [-0.2, 0) is 14.3 Å². The number of para-hydroxylation sites is 2. The normalized spacial score (nSPS) is 10.9. The van der Waals surface area contributed by atoms with Crippen LogP contribution in [0.5, 0.6) is 11.9 Å². The van der Waals surface area contributed by atoms with Gasteiger partial charge in [-0.15, -0.1) is 0 Å². The summed E-state index contributed by atoms with van der Waals surface area (Å²) in [4.78, 5) is 28.9. The molecule has 0 fully saturated rings. The fourth-order valence-electron chi connectivity index (χ4n) is 3.54. The summed E-state index contributed by atoms with van der Waals surface area (Å²) in [6.07, 6.45) is 3.44. The van der Waals surface area contributed by atoms with E-state index in [1.807, 2.05) is 48.5 Å². The highest BCUT2D eigenvalue weighted by Gasteiger charge is 2.12. The zero-order chi connectivity index (χ0) is 26.6. The molecule has 0 aliphatic rings. The highest BCUT2D eigenvalue weighted by atomic mass is 16.5. The van der Waals surface area contributed by atoms with Crippen LogP contribution in [0.3, 0.4) is 0 Å². The SMILES string of the molecule is COc1nc(OCCOCCOCCNC(=O)CN)ncc1-c1ccc(-c2cnc3ccccc3n2)cc1. The highest BCUT2D eigenvalue weighted by Crippen LogP contribution is 2.30. The van der Waals surface area contributed by atoms with Gasteiger partial charge in [0.2, 0.25) is 11.8 Å². The summed E-state index contributed by atoms with van der Waals surface area (Å²) in [7, 11) is 1.55. The lowest BCUT2D eigenvalue weighted by atomic mass is 10.0. The van der Waals surface area contributed by atoms with Gasteiger partial charge in [-0.2, -0.15) is 4.98 Å². The van der Waals surface area contributed by atoms with Crippen molar-refractivity contribution in [1.82, 2.24) is 25.3 Å². The number of amides is 1. The Morgan fingerprint density at radius 1 is 0.842 bits per heavy atom. The van der Waals surface area contributed by atoms with Gasteiger partial charge in [-0.05, 0) is 17.7 Å². The number of methoxy groups -OCH3 is 1. The summed E-state index contributed by atoms with van der Waals surface area (Å²) in [5.74, 6) is 0.198. The number of carbonyl (C=O) groups is 1. The number of ether oxygens (including phenoxy) is 4. The lowest BCUT2D eigenvalue weighted by molar-refractivity contribution is -0.120. The van der Waals surface area contributed by atoms with Crippen LogP contribution < -0.4 is 20.5 Å². The van der Waals surface area contributed by atoms with Gasteiger partial charge in [-0.3, -0.25) is 9.78 Å². The molecule has 2 aromatic heterocycles. The van der Waals surface area contributed by atoms with Crippen molar-refractivity contribution in [2.45, 2.75) is 0 Å². The average Bonchev–Trinajstić information content (AvgIpc) is 2.97. The Morgan fingerprint density at radius 2 is 1.55 bits per heavy atom. The molecule has 11 nitrogen and oxygen atoms in total. The number of hydrogen-bond donors (Lipinski definition) is 2. The minimum Gasteiger partial charge on any atom is -0.480 e. The van der Waals surface area contributed by atoms with Gasteiger partial charge in [-0.1, -0.05) is 36.4 Å². The molecule has 198 valence electrons. The maximum Gasteiger partial charge on any atom is 0.319 e. The largest absolute Gasteiger partial charge is 0.480 e. The summed E-state index contributed by atoms with van der Waals surface area (Å²) >= 11 is 0. The molecule has 3 N–H and O–H groups in total. The molecule has 1 amide bonds. The molecule has 0 saturated carbocycles. The molecule has 11 heteroatoms. The van der Waals surface area contributed by atoms with Crippen LogP contribution in [0.2, 0.25) is 0 Å². The van der Waals surface area contributed by atoms with Crippen LogP contribution >= 0.6 is 0 Å². The Hall–Kier alpha value is -4.19. The van der Waals surface area contributed by atoms with Crippen molar-refractivity contribution in [2.75, 3.05) is 53.2 Å². The van der Waals surface area contributed by atoms with E-state index < -0.39 is 0 Å². The van der Waals surface area contributed by atoms with Crippen LogP contribution in [0.15, 0.2) is 60.9 Å². The van der Waals surface area contributed by atoms with Gasteiger partial charge in [0.15, 0.2) is 0 Å². The van der Waals surface area contributed by atoms with E-state index in [1.165, 1.54) is 0 Å². The molecular weight excluding hydrogens is 488 g/mol. The predicted molar refractivity (Wildman–Crippen MR) is 142 cm³/mol. The van der Waals surface area contributed by atoms with E-state index in [-0.39, 0.29) is 25.1 Å². The van der Waals surface area contributed by atoms with E-state index in [4.69, 9.17) is 29.7 Å². The molecule has 0 atom stereocenters. The standard InChI is InChI=1S/C27H30N6O5/c1-35-26-21(17-31-27(33-26)38-15-14-37-13-12-36-11-10-29-25(34)16-28)19-6-8-20(9-7-19)24-18-30-22-4-2-3-5-23(22)32-24/h2-9,17-18H,10-16,28H2,1H3,(H,29,34). The van der Waals surface area contributed by atoms with Gasteiger partial charge in [0.25, 0.3) is 0 Å². The number of aromatic nitrogens is 4. The van der Waals surface area contributed by atoms with Crippen LogP contribution in [0, 0.1) is 0 Å². The lowest BCUT2D eigenvalue weighted by Crippen LogP contribution is -2.32.